The zero-order chi connectivity index (χ0) is 14.1. The standard InChI is InChI=1S/C15H13BrN4/c1-18-14-11-7-6-9(8-13(11)19-15(17)20-14)10-4-2-3-5-12(10)16/h2-8H,1H3,(H3,17,18,19,20). The van der Waals surface area contributed by atoms with Crippen LogP contribution in [0.25, 0.3) is 22.0 Å². The summed E-state index contributed by atoms with van der Waals surface area (Å²) < 4.78 is 1.05. The van der Waals surface area contributed by atoms with Crippen LogP contribution in [0.4, 0.5) is 11.8 Å². The summed E-state index contributed by atoms with van der Waals surface area (Å²) in [5.74, 6) is 1.01. The fourth-order valence-corrected chi connectivity index (χ4v) is 2.71. The average molecular weight is 329 g/mol. The minimum atomic E-state index is 0.270. The molecule has 0 saturated carbocycles. The van der Waals surface area contributed by atoms with Crippen LogP contribution >= 0.6 is 15.9 Å². The van der Waals surface area contributed by atoms with Gasteiger partial charge in [0.05, 0.1) is 5.52 Å². The summed E-state index contributed by atoms with van der Waals surface area (Å²) in [7, 11) is 1.82. The van der Waals surface area contributed by atoms with Crippen molar-refractivity contribution in [3.8, 4) is 11.1 Å². The van der Waals surface area contributed by atoms with Gasteiger partial charge in [-0.25, -0.2) is 4.98 Å². The first kappa shape index (κ1) is 12.9. The predicted molar refractivity (Wildman–Crippen MR) is 86.6 cm³/mol. The van der Waals surface area contributed by atoms with Crippen LogP contribution < -0.4 is 11.1 Å². The minimum Gasteiger partial charge on any atom is -0.372 e. The van der Waals surface area contributed by atoms with Crippen molar-refractivity contribution in [2.24, 2.45) is 0 Å². The number of anilines is 2. The van der Waals surface area contributed by atoms with Gasteiger partial charge in [0.2, 0.25) is 5.95 Å². The number of hydrogen-bond donors (Lipinski definition) is 2. The van der Waals surface area contributed by atoms with Crippen LogP contribution in [0, 0.1) is 0 Å². The summed E-state index contributed by atoms with van der Waals surface area (Å²) >= 11 is 3.57. The maximum Gasteiger partial charge on any atom is 0.222 e. The van der Waals surface area contributed by atoms with E-state index in [9.17, 15) is 0 Å². The molecule has 3 N–H and O–H groups in total. The summed E-state index contributed by atoms with van der Waals surface area (Å²) in [5.41, 5.74) is 8.79. The number of halogens is 1. The van der Waals surface area contributed by atoms with Crippen molar-refractivity contribution in [2.45, 2.75) is 0 Å². The van der Waals surface area contributed by atoms with E-state index in [0.29, 0.717) is 0 Å². The molecule has 100 valence electrons. The van der Waals surface area contributed by atoms with Gasteiger partial charge in [0.15, 0.2) is 0 Å². The smallest absolute Gasteiger partial charge is 0.222 e. The Morgan fingerprint density at radius 2 is 1.90 bits per heavy atom. The van der Waals surface area contributed by atoms with Crippen molar-refractivity contribution in [3.63, 3.8) is 0 Å². The Morgan fingerprint density at radius 1 is 1.10 bits per heavy atom. The highest BCUT2D eigenvalue weighted by Gasteiger charge is 2.08. The molecule has 0 saturated heterocycles. The molecule has 4 nitrogen and oxygen atoms in total. The molecule has 0 unspecified atom stereocenters. The van der Waals surface area contributed by atoms with E-state index >= 15 is 0 Å². The quantitative estimate of drug-likeness (QED) is 0.753. The lowest BCUT2D eigenvalue weighted by atomic mass is 10.0. The largest absolute Gasteiger partial charge is 0.372 e. The van der Waals surface area contributed by atoms with E-state index in [4.69, 9.17) is 5.73 Å². The predicted octanol–water partition coefficient (Wildman–Crippen LogP) is 3.68. The molecule has 5 heteroatoms. The third-order valence-corrected chi connectivity index (χ3v) is 3.83. The molecule has 0 radical (unpaired) electrons. The molecule has 0 spiro atoms. The lowest BCUT2D eigenvalue weighted by molar-refractivity contribution is 1.22. The van der Waals surface area contributed by atoms with E-state index in [0.717, 1.165) is 32.3 Å². The highest BCUT2D eigenvalue weighted by Crippen LogP contribution is 2.31. The Bertz CT molecular complexity index is 786. The third-order valence-electron chi connectivity index (χ3n) is 3.14. The van der Waals surface area contributed by atoms with Gasteiger partial charge < -0.3 is 11.1 Å². The van der Waals surface area contributed by atoms with E-state index < -0.39 is 0 Å². The summed E-state index contributed by atoms with van der Waals surface area (Å²) in [6.07, 6.45) is 0. The maximum atomic E-state index is 5.75. The highest BCUT2D eigenvalue weighted by atomic mass is 79.9. The Labute approximate surface area is 125 Å². The van der Waals surface area contributed by atoms with E-state index in [2.05, 4.69) is 43.3 Å². The molecule has 3 aromatic rings. The second-order valence-corrected chi connectivity index (χ2v) is 5.25. The van der Waals surface area contributed by atoms with Gasteiger partial charge in [-0.15, -0.1) is 0 Å². The van der Waals surface area contributed by atoms with E-state index in [1.54, 1.807) is 0 Å². The van der Waals surface area contributed by atoms with Crippen LogP contribution in [0.15, 0.2) is 46.9 Å². The number of nitrogen functional groups attached to an aromatic ring is 1. The maximum absolute atomic E-state index is 5.75. The van der Waals surface area contributed by atoms with Gasteiger partial charge in [-0.1, -0.05) is 40.2 Å². The average Bonchev–Trinajstić information content (AvgIpc) is 2.46. The van der Waals surface area contributed by atoms with Crippen LogP contribution in [-0.2, 0) is 0 Å². The second kappa shape index (κ2) is 5.09. The zero-order valence-corrected chi connectivity index (χ0v) is 12.5. The summed E-state index contributed by atoms with van der Waals surface area (Å²) in [6, 6.07) is 14.2. The normalized spacial score (nSPS) is 10.7. The Morgan fingerprint density at radius 3 is 2.65 bits per heavy atom. The zero-order valence-electron chi connectivity index (χ0n) is 10.9. The molecule has 1 heterocycles. The monoisotopic (exact) mass is 328 g/mol. The van der Waals surface area contributed by atoms with E-state index in [1.165, 1.54) is 0 Å². The number of aromatic nitrogens is 2. The number of benzene rings is 2. The number of nitrogens with one attached hydrogen (secondary N) is 1. The topological polar surface area (TPSA) is 63.8 Å². The van der Waals surface area contributed by atoms with Gasteiger partial charge in [-0.3, -0.25) is 0 Å². The van der Waals surface area contributed by atoms with Crippen LogP contribution in [0.1, 0.15) is 0 Å². The number of rotatable bonds is 2. The Balaban J connectivity index is 2.23. The van der Waals surface area contributed by atoms with Gasteiger partial charge in [0.25, 0.3) is 0 Å². The van der Waals surface area contributed by atoms with Crippen molar-refractivity contribution in [2.75, 3.05) is 18.1 Å². The molecule has 3 rings (SSSR count). The van der Waals surface area contributed by atoms with Crippen LogP contribution in [0.5, 0.6) is 0 Å². The SMILES string of the molecule is CNc1nc(N)nc2cc(-c3ccccc3Br)ccc12. The van der Waals surface area contributed by atoms with Crippen molar-refractivity contribution < 1.29 is 0 Å². The molecular formula is C15H13BrN4. The highest BCUT2D eigenvalue weighted by molar-refractivity contribution is 9.10. The lowest BCUT2D eigenvalue weighted by Crippen LogP contribution is -2.01. The molecule has 0 amide bonds. The first-order chi connectivity index (χ1) is 9.69. The minimum absolute atomic E-state index is 0.270. The molecule has 0 bridgehead atoms. The number of hydrogen-bond acceptors (Lipinski definition) is 4. The van der Waals surface area contributed by atoms with Gasteiger partial charge in [0.1, 0.15) is 5.82 Å². The number of fused-ring (bicyclic) bond motifs is 1. The van der Waals surface area contributed by atoms with Gasteiger partial charge in [-0.2, -0.15) is 4.98 Å². The van der Waals surface area contributed by atoms with Crippen molar-refractivity contribution in [1.82, 2.24) is 9.97 Å². The van der Waals surface area contributed by atoms with Crippen LogP contribution in [0.3, 0.4) is 0 Å². The summed E-state index contributed by atoms with van der Waals surface area (Å²) in [6.45, 7) is 0. The molecule has 0 aliphatic rings. The molecule has 1 aromatic heterocycles. The van der Waals surface area contributed by atoms with Crippen LogP contribution in [0.2, 0.25) is 0 Å². The molecule has 0 atom stereocenters. The molecule has 0 aliphatic heterocycles. The van der Waals surface area contributed by atoms with E-state index in [1.807, 2.05) is 37.4 Å². The number of nitrogens with two attached hydrogens (primary N) is 1. The molecular weight excluding hydrogens is 316 g/mol. The fraction of sp³-hybridized carbons (Fsp3) is 0.0667. The summed E-state index contributed by atoms with van der Waals surface area (Å²) in [4.78, 5) is 8.50. The Kier molecular flexibility index (Phi) is 3.28. The van der Waals surface area contributed by atoms with Crippen molar-refractivity contribution in [1.29, 1.82) is 0 Å². The Hall–Kier alpha value is -2.14. The molecule has 0 aliphatic carbocycles. The number of nitrogens with zero attached hydrogens (tertiary/aromatic N) is 2. The fourth-order valence-electron chi connectivity index (χ4n) is 2.20. The first-order valence-electron chi connectivity index (χ1n) is 6.19. The molecule has 20 heavy (non-hydrogen) atoms. The third kappa shape index (κ3) is 2.20. The van der Waals surface area contributed by atoms with Gasteiger partial charge >= 0.3 is 0 Å². The van der Waals surface area contributed by atoms with Crippen LogP contribution in [-0.4, -0.2) is 17.0 Å². The molecule has 0 fully saturated rings. The van der Waals surface area contributed by atoms with Crippen molar-refractivity contribution >= 4 is 38.6 Å². The van der Waals surface area contributed by atoms with Gasteiger partial charge in [0, 0.05) is 16.9 Å². The lowest BCUT2D eigenvalue weighted by Gasteiger charge is -2.09. The van der Waals surface area contributed by atoms with E-state index in [-0.39, 0.29) is 5.95 Å². The van der Waals surface area contributed by atoms with Crippen molar-refractivity contribution in [3.05, 3.63) is 46.9 Å². The second-order valence-electron chi connectivity index (χ2n) is 4.39. The van der Waals surface area contributed by atoms with Gasteiger partial charge in [-0.05, 0) is 29.3 Å². The molecule has 2 aromatic carbocycles. The summed E-state index contributed by atoms with van der Waals surface area (Å²) in [5, 5.41) is 4.00. The first-order valence-corrected chi connectivity index (χ1v) is 6.98.